The molecule has 0 aliphatic carbocycles. The second kappa shape index (κ2) is 5.22. The molecule has 0 saturated heterocycles. The van der Waals surface area contributed by atoms with Crippen LogP contribution in [0.1, 0.15) is 42.1 Å². The summed E-state index contributed by atoms with van der Waals surface area (Å²) >= 11 is 3.34. The first-order valence-corrected chi connectivity index (χ1v) is 7.24. The Labute approximate surface area is 115 Å². The number of benzene rings is 1. The van der Waals surface area contributed by atoms with Crippen LogP contribution in [0.15, 0.2) is 18.2 Å². The van der Waals surface area contributed by atoms with Gasteiger partial charge in [-0.2, -0.15) is 0 Å². The highest BCUT2D eigenvalue weighted by atomic mass is 79.9. The number of hydrogen-bond acceptors (Lipinski definition) is 2. The summed E-state index contributed by atoms with van der Waals surface area (Å²) in [6.45, 7) is 4.74. The number of rotatable bonds is 4. The van der Waals surface area contributed by atoms with E-state index in [1.165, 1.54) is 0 Å². The first kappa shape index (κ1) is 13.3. The molecule has 0 spiro atoms. The molecule has 2 rings (SSSR count). The highest BCUT2D eigenvalue weighted by Crippen LogP contribution is 2.31. The minimum atomic E-state index is -0.396. The Morgan fingerprint density at radius 2 is 2.00 bits per heavy atom. The van der Waals surface area contributed by atoms with Crippen molar-refractivity contribution in [1.29, 1.82) is 0 Å². The van der Waals surface area contributed by atoms with E-state index in [0.717, 1.165) is 23.0 Å². The van der Waals surface area contributed by atoms with Crippen LogP contribution in [0.3, 0.4) is 0 Å². The zero-order valence-electron chi connectivity index (χ0n) is 10.6. The SMILES string of the molecule is CC(C)c1ccc2c(c1)C(=O)C(=O)N2CCCBr. The minimum Gasteiger partial charge on any atom is -0.305 e. The fourth-order valence-corrected chi connectivity index (χ4v) is 2.37. The number of anilines is 1. The third kappa shape index (κ3) is 2.21. The van der Waals surface area contributed by atoms with Crippen molar-refractivity contribution in [2.45, 2.75) is 26.2 Å². The van der Waals surface area contributed by atoms with Gasteiger partial charge in [-0.05, 0) is 30.0 Å². The maximum atomic E-state index is 11.9. The van der Waals surface area contributed by atoms with Crippen LogP contribution < -0.4 is 4.90 Å². The van der Waals surface area contributed by atoms with Crippen molar-refractivity contribution in [2.24, 2.45) is 0 Å². The molecule has 1 heterocycles. The fourth-order valence-electron chi connectivity index (χ4n) is 2.12. The van der Waals surface area contributed by atoms with E-state index >= 15 is 0 Å². The Kier molecular flexibility index (Phi) is 3.85. The molecule has 96 valence electrons. The molecule has 3 nitrogen and oxygen atoms in total. The smallest absolute Gasteiger partial charge is 0.299 e. The van der Waals surface area contributed by atoms with Crippen molar-refractivity contribution in [1.82, 2.24) is 0 Å². The van der Waals surface area contributed by atoms with Gasteiger partial charge in [-0.25, -0.2) is 0 Å². The van der Waals surface area contributed by atoms with Crippen molar-refractivity contribution in [3.63, 3.8) is 0 Å². The third-order valence-electron chi connectivity index (χ3n) is 3.18. The van der Waals surface area contributed by atoms with Crippen molar-refractivity contribution in [3.05, 3.63) is 29.3 Å². The van der Waals surface area contributed by atoms with Crippen molar-refractivity contribution in [3.8, 4) is 0 Å². The molecular weight excluding hydrogens is 294 g/mol. The molecule has 0 atom stereocenters. The number of carbonyl (C=O) groups is 2. The molecule has 0 aromatic heterocycles. The van der Waals surface area contributed by atoms with Gasteiger partial charge in [0.15, 0.2) is 0 Å². The molecule has 1 aromatic carbocycles. The topological polar surface area (TPSA) is 37.4 Å². The molecule has 1 aliphatic rings. The number of ketones is 1. The van der Waals surface area contributed by atoms with Gasteiger partial charge in [-0.3, -0.25) is 9.59 Å². The van der Waals surface area contributed by atoms with E-state index in [-0.39, 0.29) is 5.78 Å². The Balaban J connectivity index is 2.38. The van der Waals surface area contributed by atoms with Crippen LogP contribution in [0.2, 0.25) is 0 Å². The second-order valence-electron chi connectivity index (χ2n) is 4.76. The van der Waals surface area contributed by atoms with Gasteiger partial charge in [-0.15, -0.1) is 0 Å². The molecular formula is C14H16BrNO2. The highest BCUT2D eigenvalue weighted by Gasteiger charge is 2.35. The van der Waals surface area contributed by atoms with Gasteiger partial charge in [0, 0.05) is 11.9 Å². The van der Waals surface area contributed by atoms with Crippen molar-refractivity contribution < 1.29 is 9.59 Å². The average Bonchev–Trinajstić information content (AvgIpc) is 2.60. The zero-order chi connectivity index (χ0) is 13.3. The predicted molar refractivity (Wildman–Crippen MR) is 75.6 cm³/mol. The van der Waals surface area contributed by atoms with Crippen LogP contribution in [-0.2, 0) is 4.79 Å². The van der Waals surface area contributed by atoms with E-state index in [9.17, 15) is 9.59 Å². The number of carbonyl (C=O) groups excluding carboxylic acids is 2. The molecule has 0 bridgehead atoms. The van der Waals surface area contributed by atoms with Gasteiger partial charge in [-0.1, -0.05) is 35.8 Å². The molecule has 4 heteroatoms. The number of nitrogens with zero attached hydrogens (tertiary/aromatic N) is 1. The van der Waals surface area contributed by atoms with Gasteiger partial charge in [0.1, 0.15) is 0 Å². The van der Waals surface area contributed by atoms with E-state index in [1.54, 1.807) is 4.90 Å². The summed E-state index contributed by atoms with van der Waals surface area (Å²) in [6, 6.07) is 5.74. The van der Waals surface area contributed by atoms with Gasteiger partial charge in [0.25, 0.3) is 11.7 Å². The van der Waals surface area contributed by atoms with E-state index in [1.807, 2.05) is 18.2 Å². The first-order chi connectivity index (χ1) is 8.56. The van der Waals surface area contributed by atoms with Crippen LogP contribution in [0.25, 0.3) is 0 Å². The van der Waals surface area contributed by atoms with E-state index in [2.05, 4.69) is 29.8 Å². The molecule has 18 heavy (non-hydrogen) atoms. The first-order valence-electron chi connectivity index (χ1n) is 6.12. The van der Waals surface area contributed by atoms with Crippen LogP contribution in [-0.4, -0.2) is 23.6 Å². The second-order valence-corrected chi connectivity index (χ2v) is 5.55. The molecule has 0 saturated carbocycles. The highest BCUT2D eigenvalue weighted by molar-refractivity contribution is 9.09. The lowest BCUT2D eigenvalue weighted by Crippen LogP contribution is -2.30. The molecule has 0 fully saturated rings. The summed E-state index contributed by atoms with van der Waals surface area (Å²) in [7, 11) is 0. The summed E-state index contributed by atoms with van der Waals surface area (Å²) in [5.74, 6) is -0.413. The Hall–Kier alpha value is -1.16. The van der Waals surface area contributed by atoms with Gasteiger partial charge >= 0.3 is 0 Å². The lowest BCUT2D eigenvalue weighted by atomic mass is 9.99. The Morgan fingerprint density at radius 1 is 1.28 bits per heavy atom. The molecule has 0 radical (unpaired) electrons. The maximum Gasteiger partial charge on any atom is 0.299 e. The minimum absolute atomic E-state index is 0.356. The van der Waals surface area contributed by atoms with Gasteiger partial charge < -0.3 is 4.90 Å². The van der Waals surface area contributed by atoms with Crippen LogP contribution in [0.4, 0.5) is 5.69 Å². The summed E-state index contributed by atoms with van der Waals surface area (Å²) in [5.41, 5.74) is 2.41. The summed E-state index contributed by atoms with van der Waals surface area (Å²) in [4.78, 5) is 25.4. The lowest BCUT2D eigenvalue weighted by Gasteiger charge is -2.16. The normalized spacial score (nSPS) is 14.6. The number of fused-ring (bicyclic) bond motifs is 1. The standard InChI is InChI=1S/C14H16BrNO2/c1-9(2)10-4-5-12-11(8-10)13(17)14(18)16(12)7-3-6-15/h4-5,8-9H,3,6-7H2,1-2H3. The maximum absolute atomic E-state index is 11.9. The Morgan fingerprint density at radius 3 is 2.61 bits per heavy atom. The average molecular weight is 310 g/mol. The van der Waals surface area contributed by atoms with Crippen LogP contribution >= 0.6 is 15.9 Å². The number of alkyl halides is 1. The van der Waals surface area contributed by atoms with E-state index in [4.69, 9.17) is 0 Å². The van der Waals surface area contributed by atoms with Crippen LogP contribution in [0, 0.1) is 0 Å². The number of Topliss-reactive ketones (excluding diaryl/α,β-unsaturated/α-hetero) is 1. The lowest BCUT2D eigenvalue weighted by molar-refractivity contribution is -0.114. The van der Waals surface area contributed by atoms with E-state index in [0.29, 0.717) is 18.0 Å². The Bertz CT molecular complexity index is 497. The summed E-state index contributed by atoms with van der Waals surface area (Å²) < 4.78 is 0. The third-order valence-corrected chi connectivity index (χ3v) is 3.74. The monoisotopic (exact) mass is 309 g/mol. The molecule has 0 unspecified atom stereocenters. The van der Waals surface area contributed by atoms with Gasteiger partial charge in [0.2, 0.25) is 0 Å². The largest absolute Gasteiger partial charge is 0.305 e. The number of halogens is 1. The van der Waals surface area contributed by atoms with Crippen LogP contribution in [0.5, 0.6) is 0 Å². The molecule has 1 aliphatic heterocycles. The van der Waals surface area contributed by atoms with Gasteiger partial charge in [0.05, 0.1) is 11.3 Å². The summed E-state index contributed by atoms with van der Waals surface area (Å²) in [5, 5.41) is 0.824. The number of amides is 1. The predicted octanol–water partition coefficient (Wildman–Crippen LogP) is 3.12. The van der Waals surface area contributed by atoms with E-state index < -0.39 is 5.91 Å². The van der Waals surface area contributed by atoms with Crippen molar-refractivity contribution >= 4 is 33.3 Å². The fraction of sp³-hybridized carbons (Fsp3) is 0.429. The molecule has 1 aromatic rings. The zero-order valence-corrected chi connectivity index (χ0v) is 12.2. The summed E-state index contributed by atoms with van der Waals surface area (Å²) in [6.07, 6.45) is 0.838. The quantitative estimate of drug-likeness (QED) is 0.633. The molecule has 0 N–H and O–H groups in total. The molecule has 1 amide bonds. The number of hydrogen-bond donors (Lipinski definition) is 0. The van der Waals surface area contributed by atoms with Crippen molar-refractivity contribution in [2.75, 3.05) is 16.8 Å².